The second kappa shape index (κ2) is 7.67. The lowest BCUT2D eigenvalue weighted by molar-refractivity contribution is 0.395. The van der Waals surface area contributed by atoms with Crippen LogP contribution in [0.2, 0.25) is 0 Å². The minimum atomic E-state index is 0.525. The lowest BCUT2D eigenvalue weighted by Crippen LogP contribution is -2.11. The number of hydrogen-bond acceptors (Lipinski definition) is 6. The van der Waals surface area contributed by atoms with E-state index in [9.17, 15) is 0 Å². The Morgan fingerprint density at radius 2 is 1.87 bits per heavy atom. The van der Waals surface area contributed by atoms with Gasteiger partial charge in [-0.3, -0.25) is 0 Å². The summed E-state index contributed by atoms with van der Waals surface area (Å²) in [7, 11) is 3.25. The number of methoxy groups -OCH3 is 2. The number of aryl methyl sites for hydroxylation is 1. The lowest BCUT2D eigenvalue weighted by Gasteiger charge is -2.14. The molecule has 0 radical (unpaired) electrons. The molecule has 0 spiro atoms. The topological polar surface area (TPSA) is 68.3 Å². The van der Waals surface area contributed by atoms with E-state index in [0.717, 1.165) is 23.7 Å². The molecule has 1 aromatic heterocycles. The highest BCUT2D eigenvalue weighted by molar-refractivity contribution is 5.66. The van der Waals surface area contributed by atoms with Gasteiger partial charge in [0.05, 0.1) is 19.9 Å². The molecule has 0 fully saturated rings. The molecule has 0 aliphatic rings. The highest BCUT2D eigenvalue weighted by Crippen LogP contribution is 2.31. The van der Waals surface area contributed by atoms with E-state index in [1.807, 2.05) is 31.2 Å². The molecule has 0 saturated heterocycles. The molecule has 0 aliphatic carbocycles. The van der Waals surface area contributed by atoms with Crippen molar-refractivity contribution in [2.75, 3.05) is 31.4 Å². The van der Waals surface area contributed by atoms with Gasteiger partial charge >= 0.3 is 0 Å². The molecular weight excluding hydrogens is 292 g/mol. The number of rotatable bonds is 7. The maximum absolute atomic E-state index is 5.40. The van der Waals surface area contributed by atoms with Gasteiger partial charge in [-0.05, 0) is 25.0 Å². The highest BCUT2D eigenvalue weighted by atomic mass is 16.5. The van der Waals surface area contributed by atoms with Crippen LogP contribution in [0, 0.1) is 12.8 Å². The Morgan fingerprint density at radius 1 is 1.09 bits per heavy atom. The van der Waals surface area contributed by atoms with E-state index in [1.165, 1.54) is 0 Å². The van der Waals surface area contributed by atoms with Crippen molar-refractivity contribution in [2.45, 2.75) is 20.8 Å². The molecule has 2 aromatic rings. The molecule has 0 aliphatic heterocycles. The first kappa shape index (κ1) is 16.9. The van der Waals surface area contributed by atoms with Gasteiger partial charge in [-0.25, -0.2) is 4.98 Å². The smallest absolute Gasteiger partial charge is 0.224 e. The van der Waals surface area contributed by atoms with Crippen LogP contribution in [0.4, 0.5) is 17.5 Å². The van der Waals surface area contributed by atoms with Gasteiger partial charge in [0.25, 0.3) is 0 Å². The Bertz CT molecular complexity index is 659. The predicted octanol–water partition coefficient (Wildman–Crippen LogP) is 3.61. The number of anilines is 3. The molecule has 6 nitrogen and oxygen atoms in total. The molecule has 0 bridgehead atoms. The molecule has 0 amide bonds. The van der Waals surface area contributed by atoms with Crippen LogP contribution in [0.15, 0.2) is 24.3 Å². The van der Waals surface area contributed by atoms with Gasteiger partial charge < -0.3 is 20.1 Å². The Labute approximate surface area is 137 Å². The number of benzene rings is 1. The fraction of sp³-hybridized carbons (Fsp3) is 0.412. The van der Waals surface area contributed by atoms with E-state index in [4.69, 9.17) is 9.47 Å². The van der Waals surface area contributed by atoms with Crippen LogP contribution in [0.3, 0.4) is 0 Å². The van der Waals surface area contributed by atoms with Crippen molar-refractivity contribution in [3.63, 3.8) is 0 Å². The van der Waals surface area contributed by atoms with Crippen LogP contribution < -0.4 is 20.1 Å². The van der Waals surface area contributed by atoms with E-state index in [2.05, 4.69) is 34.4 Å². The Morgan fingerprint density at radius 3 is 2.52 bits per heavy atom. The van der Waals surface area contributed by atoms with Crippen molar-refractivity contribution in [1.29, 1.82) is 0 Å². The van der Waals surface area contributed by atoms with Gasteiger partial charge in [0.15, 0.2) is 0 Å². The molecule has 2 N–H and O–H groups in total. The van der Waals surface area contributed by atoms with Crippen LogP contribution >= 0.6 is 0 Å². The molecule has 1 heterocycles. The summed E-state index contributed by atoms with van der Waals surface area (Å²) in [5, 5.41) is 6.52. The van der Waals surface area contributed by atoms with Crippen molar-refractivity contribution in [3.05, 3.63) is 30.0 Å². The number of nitrogens with zero attached hydrogens (tertiary/aromatic N) is 2. The van der Waals surface area contributed by atoms with E-state index in [-0.39, 0.29) is 0 Å². The first-order valence-corrected chi connectivity index (χ1v) is 7.60. The third-order valence-electron chi connectivity index (χ3n) is 3.19. The molecule has 2 rings (SSSR count). The van der Waals surface area contributed by atoms with E-state index in [0.29, 0.717) is 23.4 Å². The zero-order chi connectivity index (χ0) is 16.8. The summed E-state index contributed by atoms with van der Waals surface area (Å²) < 4.78 is 10.6. The first-order chi connectivity index (χ1) is 11.0. The van der Waals surface area contributed by atoms with E-state index >= 15 is 0 Å². The van der Waals surface area contributed by atoms with Gasteiger partial charge in [-0.2, -0.15) is 4.98 Å². The molecule has 0 unspecified atom stereocenters. The first-order valence-electron chi connectivity index (χ1n) is 7.60. The fourth-order valence-electron chi connectivity index (χ4n) is 2.05. The number of ether oxygens (including phenoxy) is 2. The molecule has 124 valence electrons. The van der Waals surface area contributed by atoms with Crippen molar-refractivity contribution >= 4 is 17.5 Å². The summed E-state index contributed by atoms with van der Waals surface area (Å²) in [5.74, 6) is 3.29. The van der Waals surface area contributed by atoms with Crippen molar-refractivity contribution in [2.24, 2.45) is 5.92 Å². The summed E-state index contributed by atoms with van der Waals surface area (Å²) in [6.07, 6.45) is 0. The Balaban J connectivity index is 2.22. The van der Waals surface area contributed by atoms with Gasteiger partial charge in [0.1, 0.15) is 17.3 Å². The summed E-state index contributed by atoms with van der Waals surface area (Å²) in [6, 6.07) is 7.49. The average molecular weight is 316 g/mol. The van der Waals surface area contributed by atoms with Gasteiger partial charge in [-0.15, -0.1) is 0 Å². The normalized spacial score (nSPS) is 10.5. The Kier molecular flexibility index (Phi) is 5.62. The summed E-state index contributed by atoms with van der Waals surface area (Å²) in [4.78, 5) is 8.90. The van der Waals surface area contributed by atoms with E-state index < -0.39 is 0 Å². The zero-order valence-electron chi connectivity index (χ0n) is 14.3. The largest absolute Gasteiger partial charge is 0.497 e. The molecule has 0 atom stereocenters. The standard InChI is InChI=1S/C17H24N4O2/c1-11(2)10-18-17-19-12(3)8-16(21-17)20-14-7-6-13(22-4)9-15(14)23-5/h6-9,11H,10H2,1-5H3,(H2,18,19,20,21). The summed E-state index contributed by atoms with van der Waals surface area (Å²) in [5.41, 5.74) is 1.71. The molecule has 0 saturated carbocycles. The van der Waals surface area contributed by atoms with Gasteiger partial charge in [-0.1, -0.05) is 13.8 Å². The predicted molar refractivity (Wildman–Crippen MR) is 92.9 cm³/mol. The SMILES string of the molecule is COc1ccc(Nc2cc(C)nc(NCC(C)C)n2)c(OC)c1. The Hall–Kier alpha value is -2.50. The minimum absolute atomic E-state index is 0.525. The number of hydrogen-bond donors (Lipinski definition) is 2. The van der Waals surface area contributed by atoms with Crippen molar-refractivity contribution in [3.8, 4) is 11.5 Å². The molecular formula is C17H24N4O2. The quantitative estimate of drug-likeness (QED) is 0.813. The molecule has 23 heavy (non-hydrogen) atoms. The maximum atomic E-state index is 5.40. The maximum Gasteiger partial charge on any atom is 0.224 e. The monoisotopic (exact) mass is 316 g/mol. The molecule has 6 heteroatoms. The van der Waals surface area contributed by atoms with Crippen molar-refractivity contribution < 1.29 is 9.47 Å². The average Bonchev–Trinajstić information content (AvgIpc) is 2.52. The van der Waals surface area contributed by atoms with Crippen LogP contribution in [0.5, 0.6) is 11.5 Å². The summed E-state index contributed by atoms with van der Waals surface area (Å²) >= 11 is 0. The second-order valence-corrected chi connectivity index (χ2v) is 5.68. The van der Waals surface area contributed by atoms with Crippen LogP contribution in [-0.2, 0) is 0 Å². The van der Waals surface area contributed by atoms with Gasteiger partial charge in [0, 0.05) is 24.4 Å². The molecule has 1 aromatic carbocycles. The second-order valence-electron chi connectivity index (χ2n) is 5.68. The summed E-state index contributed by atoms with van der Waals surface area (Å²) in [6.45, 7) is 7.06. The third-order valence-corrected chi connectivity index (χ3v) is 3.19. The van der Waals surface area contributed by atoms with Crippen LogP contribution in [-0.4, -0.2) is 30.7 Å². The minimum Gasteiger partial charge on any atom is -0.497 e. The van der Waals surface area contributed by atoms with E-state index in [1.54, 1.807) is 14.2 Å². The third kappa shape index (κ3) is 4.74. The fourth-order valence-corrected chi connectivity index (χ4v) is 2.05. The van der Waals surface area contributed by atoms with Crippen molar-refractivity contribution in [1.82, 2.24) is 9.97 Å². The van der Waals surface area contributed by atoms with Crippen LogP contribution in [0.1, 0.15) is 19.5 Å². The number of nitrogens with one attached hydrogen (secondary N) is 2. The lowest BCUT2D eigenvalue weighted by atomic mass is 10.2. The van der Waals surface area contributed by atoms with Crippen LogP contribution in [0.25, 0.3) is 0 Å². The number of aromatic nitrogens is 2. The highest BCUT2D eigenvalue weighted by Gasteiger charge is 2.08. The zero-order valence-corrected chi connectivity index (χ0v) is 14.3. The van der Waals surface area contributed by atoms with Gasteiger partial charge in [0.2, 0.25) is 5.95 Å².